The maximum absolute atomic E-state index is 12.2. The Balaban J connectivity index is 1.54. The Bertz CT molecular complexity index is 862. The largest absolute Gasteiger partial charge is 0.431 e. The third-order valence-corrected chi connectivity index (χ3v) is 10.1. The minimum Gasteiger partial charge on any atom is -0.431 e. The van der Waals surface area contributed by atoms with E-state index in [9.17, 15) is 25.2 Å². The molecule has 0 unspecified atom stereocenters. The van der Waals surface area contributed by atoms with E-state index in [1.165, 1.54) is 12.3 Å². The van der Waals surface area contributed by atoms with Crippen molar-refractivity contribution in [1.29, 1.82) is 0 Å². The Kier molecular flexibility index (Phi) is 4.58. The van der Waals surface area contributed by atoms with Gasteiger partial charge in [-0.1, -0.05) is 13.8 Å². The van der Waals surface area contributed by atoms with Crippen molar-refractivity contribution >= 4 is 0 Å². The summed E-state index contributed by atoms with van der Waals surface area (Å²) in [5, 5.41) is 44.9. The van der Waals surface area contributed by atoms with Gasteiger partial charge in [-0.3, -0.25) is 0 Å². The molecule has 6 heteroatoms. The Morgan fingerprint density at radius 1 is 0.967 bits per heavy atom. The summed E-state index contributed by atoms with van der Waals surface area (Å²) in [6.45, 7) is 4.11. The average Bonchev–Trinajstić information content (AvgIpc) is 2.98. The number of hydrogen-bond donors (Lipinski definition) is 4. The van der Waals surface area contributed by atoms with Crippen LogP contribution in [0, 0.1) is 28.6 Å². The molecule has 0 aliphatic heterocycles. The van der Waals surface area contributed by atoms with Crippen LogP contribution in [0.3, 0.4) is 0 Å². The Hall–Kier alpha value is -1.21. The van der Waals surface area contributed by atoms with Crippen LogP contribution < -0.4 is 5.63 Å². The third kappa shape index (κ3) is 2.48. The Morgan fingerprint density at radius 3 is 2.43 bits per heavy atom. The number of hydrogen-bond acceptors (Lipinski definition) is 6. The normalized spacial score (nSPS) is 52.9. The van der Waals surface area contributed by atoms with Crippen LogP contribution in [-0.4, -0.2) is 44.3 Å². The molecule has 1 aromatic rings. The predicted octanol–water partition coefficient (Wildman–Crippen LogP) is 2.18. The monoisotopic (exact) mass is 418 g/mol. The first kappa shape index (κ1) is 20.7. The topological polar surface area (TPSA) is 111 Å². The van der Waals surface area contributed by atoms with Crippen molar-refractivity contribution < 1.29 is 24.8 Å². The summed E-state index contributed by atoms with van der Waals surface area (Å²) in [6, 6.07) is 3.17. The van der Waals surface area contributed by atoms with Crippen molar-refractivity contribution in [3.8, 4) is 0 Å². The molecule has 1 aromatic heterocycles. The highest BCUT2D eigenvalue weighted by Gasteiger charge is 2.71. The molecular formula is C24H34O6. The van der Waals surface area contributed by atoms with Crippen molar-refractivity contribution in [3.05, 3.63) is 34.4 Å². The van der Waals surface area contributed by atoms with Gasteiger partial charge in [0.05, 0.1) is 30.2 Å². The molecule has 4 aliphatic carbocycles. The van der Waals surface area contributed by atoms with Crippen LogP contribution in [-0.2, 0) is 0 Å². The lowest BCUT2D eigenvalue weighted by Gasteiger charge is -2.65. The summed E-state index contributed by atoms with van der Waals surface area (Å²) >= 11 is 0. The first-order chi connectivity index (χ1) is 14.1. The maximum Gasteiger partial charge on any atom is 0.335 e. The maximum atomic E-state index is 12.2. The number of aliphatic hydroxyl groups excluding tert-OH is 3. The van der Waals surface area contributed by atoms with E-state index in [1.54, 1.807) is 6.07 Å². The van der Waals surface area contributed by atoms with Crippen LogP contribution in [0.1, 0.15) is 70.3 Å². The molecule has 30 heavy (non-hydrogen) atoms. The van der Waals surface area contributed by atoms with Crippen molar-refractivity contribution in [2.24, 2.45) is 28.6 Å². The second-order valence-corrected chi connectivity index (χ2v) is 10.9. The van der Waals surface area contributed by atoms with E-state index < -0.39 is 40.4 Å². The van der Waals surface area contributed by atoms with Gasteiger partial charge in [-0.15, -0.1) is 0 Å². The zero-order valence-corrected chi connectivity index (χ0v) is 17.8. The van der Waals surface area contributed by atoms with Gasteiger partial charge < -0.3 is 24.8 Å². The molecule has 0 bridgehead atoms. The molecule has 6 nitrogen and oxygen atoms in total. The van der Waals surface area contributed by atoms with Crippen LogP contribution in [0.4, 0.5) is 0 Å². The van der Waals surface area contributed by atoms with Crippen molar-refractivity contribution in [3.63, 3.8) is 0 Å². The molecule has 0 aromatic carbocycles. The van der Waals surface area contributed by atoms with E-state index in [2.05, 4.69) is 6.92 Å². The molecule has 0 saturated heterocycles. The smallest absolute Gasteiger partial charge is 0.335 e. The molecular weight excluding hydrogens is 384 g/mol. The molecule has 4 N–H and O–H groups in total. The highest BCUT2D eigenvalue weighted by Crippen LogP contribution is 2.70. The van der Waals surface area contributed by atoms with Crippen LogP contribution in [0.25, 0.3) is 0 Å². The molecule has 4 aliphatic rings. The minimum absolute atomic E-state index is 0.00207. The molecule has 0 radical (unpaired) electrons. The van der Waals surface area contributed by atoms with Crippen molar-refractivity contribution in [2.45, 2.75) is 88.6 Å². The van der Waals surface area contributed by atoms with Gasteiger partial charge >= 0.3 is 5.63 Å². The van der Waals surface area contributed by atoms with Gasteiger partial charge in [-0.2, -0.15) is 0 Å². The zero-order valence-electron chi connectivity index (χ0n) is 17.8. The van der Waals surface area contributed by atoms with E-state index in [-0.39, 0.29) is 23.7 Å². The van der Waals surface area contributed by atoms with E-state index in [0.717, 1.165) is 24.8 Å². The average molecular weight is 419 g/mol. The Morgan fingerprint density at radius 2 is 1.73 bits per heavy atom. The summed E-state index contributed by atoms with van der Waals surface area (Å²) in [6.07, 6.45) is 4.29. The third-order valence-electron chi connectivity index (χ3n) is 10.1. The standard InChI is InChI=1S/C24H34O6/c1-22-14(9-15(25)10-19(22)26)4-5-17-18(22)11-20(27)23(2)16(7-8-24(17,23)29)13-3-6-21(28)30-12-13/h3,6,12,14-20,25-27,29H,4-5,7-11H2,1-2H3/t14-,15-,16-,17-,18+,19-,20-,22+,23+,24+/m1/s1. The summed E-state index contributed by atoms with van der Waals surface area (Å²) in [7, 11) is 0. The van der Waals surface area contributed by atoms with Gasteiger partial charge in [-0.25, -0.2) is 4.79 Å². The fraction of sp³-hybridized carbons (Fsp3) is 0.792. The second kappa shape index (κ2) is 6.64. The van der Waals surface area contributed by atoms with Crippen LogP contribution >= 0.6 is 0 Å². The second-order valence-electron chi connectivity index (χ2n) is 10.9. The SMILES string of the molecule is C[C@]12[C@H](CC[C@@H]3[C@@H]1C[C@@H](O)[C@]1(C)[C@@H](c4ccc(=O)oc4)CC[C@]31O)C[C@@H](O)C[C@H]2O. The van der Waals surface area contributed by atoms with Crippen molar-refractivity contribution in [1.82, 2.24) is 0 Å². The van der Waals surface area contributed by atoms with E-state index in [4.69, 9.17) is 4.42 Å². The minimum atomic E-state index is -1.04. The number of rotatable bonds is 1. The summed E-state index contributed by atoms with van der Waals surface area (Å²) in [5.74, 6) is 0.127. The Labute approximate surface area is 176 Å². The predicted molar refractivity (Wildman–Crippen MR) is 110 cm³/mol. The fourth-order valence-corrected chi connectivity index (χ4v) is 8.35. The van der Waals surface area contributed by atoms with Gasteiger partial charge in [0.2, 0.25) is 0 Å². The number of fused-ring (bicyclic) bond motifs is 5. The van der Waals surface area contributed by atoms with Crippen LogP contribution in [0.2, 0.25) is 0 Å². The molecule has 0 amide bonds. The van der Waals surface area contributed by atoms with Gasteiger partial charge in [0, 0.05) is 11.5 Å². The molecule has 4 saturated carbocycles. The molecule has 166 valence electrons. The quantitative estimate of drug-likeness (QED) is 0.556. The molecule has 0 spiro atoms. The molecule has 5 rings (SSSR count). The van der Waals surface area contributed by atoms with E-state index in [0.29, 0.717) is 25.7 Å². The van der Waals surface area contributed by atoms with Gasteiger partial charge in [0.1, 0.15) is 0 Å². The molecule has 10 atom stereocenters. The highest BCUT2D eigenvalue weighted by atomic mass is 16.4. The van der Waals surface area contributed by atoms with Gasteiger partial charge in [-0.05, 0) is 85.7 Å². The lowest BCUT2D eigenvalue weighted by atomic mass is 9.42. The summed E-state index contributed by atoms with van der Waals surface area (Å²) in [5.41, 5.74) is -1.74. The van der Waals surface area contributed by atoms with Gasteiger partial charge in [0.25, 0.3) is 0 Å². The van der Waals surface area contributed by atoms with E-state index >= 15 is 0 Å². The molecule has 4 fully saturated rings. The van der Waals surface area contributed by atoms with Crippen LogP contribution in [0.15, 0.2) is 27.6 Å². The van der Waals surface area contributed by atoms with Crippen molar-refractivity contribution in [2.75, 3.05) is 0 Å². The highest BCUT2D eigenvalue weighted by molar-refractivity contribution is 5.29. The lowest BCUT2D eigenvalue weighted by Crippen LogP contribution is -2.68. The van der Waals surface area contributed by atoms with Crippen LogP contribution in [0.5, 0.6) is 0 Å². The zero-order chi connectivity index (χ0) is 21.5. The van der Waals surface area contributed by atoms with Gasteiger partial charge in [0.15, 0.2) is 0 Å². The fourth-order valence-electron chi connectivity index (χ4n) is 8.35. The summed E-state index contributed by atoms with van der Waals surface area (Å²) < 4.78 is 5.11. The summed E-state index contributed by atoms with van der Waals surface area (Å²) in [4.78, 5) is 11.4. The first-order valence-electron chi connectivity index (χ1n) is 11.5. The lowest BCUT2D eigenvalue weighted by molar-refractivity contribution is -0.257. The number of aliphatic hydroxyl groups is 4. The first-order valence-corrected chi connectivity index (χ1v) is 11.5. The van der Waals surface area contributed by atoms with E-state index in [1.807, 2.05) is 6.92 Å². The molecule has 1 heterocycles.